The lowest BCUT2D eigenvalue weighted by Gasteiger charge is -2.17. The van der Waals surface area contributed by atoms with Gasteiger partial charge in [-0.2, -0.15) is 0 Å². The summed E-state index contributed by atoms with van der Waals surface area (Å²) >= 11 is 6.05. The molecule has 0 aliphatic rings. The quantitative estimate of drug-likeness (QED) is 0.351. The number of aromatic nitrogens is 2. The number of hydrogen-bond donors (Lipinski definition) is 0. The van der Waals surface area contributed by atoms with Crippen LogP contribution in [0.15, 0.2) is 30.7 Å². The van der Waals surface area contributed by atoms with Gasteiger partial charge in [-0.05, 0) is 12.5 Å². The Kier molecular flexibility index (Phi) is 5.00. The van der Waals surface area contributed by atoms with Crippen LogP contribution in [0.2, 0.25) is 5.15 Å². The van der Waals surface area contributed by atoms with E-state index in [0.717, 1.165) is 0 Å². The molecule has 2 aromatic rings. The number of nitro groups is 1. The highest BCUT2D eigenvalue weighted by molar-refractivity contribution is 6.30. The van der Waals surface area contributed by atoms with Crippen molar-refractivity contribution in [3.8, 4) is 0 Å². The summed E-state index contributed by atoms with van der Waals surface area (Å²) in [6, 6.07) is 4.81. The minimum atomic E-state index is -0.488. The molecule has 0 N–H and O–H groups in total. The second kappa shape index (κ2) is 6.95. The SMILES string of the molecule is Cc1ccc(C(COC=O)c2cncnc2Cl)cc1[N+](=O)[O-]. The highest BCUT2D eigenvalue weighted by atomic mass is 35.5. The van der Waals surface area contributed by atoms with Gasteiger partial charge in [0, 0.05) is 29.3 Å². The fourth-order valence-corrected chi connectivity index (χ4v) is 2.32. The number of hydrogen-bond acceptors (Lipinski definition) is 6. The Balaban J connectivity index is 2.50. The molecule has 0 radical (unpaired) electrons. The monoisotopic (exact) mass is 321 g/mol. The molecule has 114 valence electrons. The maximum absolute atomic E-state index is 11.1. The number of nitrogens with zero attached hydrogens (tertiary/aromatic N) is 3. The third-order valence-corrected chi connectivity index (χ3v) is 3.54. The van der Waals surface area contributed by atoms with E-state index in [9.17, 15) is 14.9 Å². The molecule has 1 unspecified atom stereocenters. The molecule has 1 aromatic carbocycles. The number of carbonyl (C=O) groups excluding carboxylic acids is 1. The van der Waals surface area contributed by atoms with Crippen LogP contribution in [0.25, 0.3) is 0 Å². The smallest absolute Gasteiger partial charge is 0.293 e. The van der Waals surface area contributed by atoms with Crippen LogP contribution >= 0.6 is 11.6 Å². The van der Waals surface area contributed by atoms with Crippen molar-refractivity contribution in [3.63, 3.8) is 0 Å². The predicted molar refractivity (Wildman–Crippen MR) is 78.7 cm³/mol. The summed E-state index contributed by atoms with van der Waals surface area (Å²) in [6.07, 6.45) is 2.79. The molecule has 2 rings (SSSR count). The van der Waals surface area contributed by atoms with E-state index in [2.05, 4.69) is 9.97 Å². The van der Waals surface area contributed by atoms with Gasteiger partial charge in [0.1, 0.15) is 18.1 Å². The van der Waals surface area contributed by atoms with Gasteiger partial charge in [-0.25, -0.2) is 9.97 Å². The van der Waals surface area contributed by atoms with Gasteiger partial charge >= 0.3 is 0 Å². The van der Waals surface area contributed by atoms with Crippen molar-refractivity contribution in [1.29, 1.82) is 0 Å². The lowest BCUT2D eigenvalue weighted by atomic mass is 9.92. The zero-order chi connectivity index (χ0) is 16.1. The van der Waals surface area contributed by atoms with E-state index in [1.807, 2.05) is 0 Å². The molecule has 0 saturated heterocycles. The third kappa shape index (κ3) is 3.37. The Bertz CT molecular complexity index is 708. The predicted octanol–water partition coefficient (Wildman–Crippen LogP) is 2.65. The van der Waals surface area contributed by atoms with Gasteiger partial charge in [0.05, 0.1) is 4.92 Å². The molecule has 1 heterocycles. The minimum Gasteiger partial charge on any atom is -0.467 e. The maximum Gasteiger partial charge on any atom is 0.293 e. The third-order valence-electron chi connectivity index (χ3n) is 3.23. The number of rotatable bonds is 6. The molecule has 22 heavy (non-hydrogen) atoms. The molecule has 0 saturated carbocycles. The average molecular weight is 322 g/mol. The first-order valence-electron chi connectivity index (χ1n) is 6.30. The largest absolute Gasteiger partial charge is 0.467 e. The zero-order valence-electron chi connectivity index (χ0n) is 11.6. The first-order valence-corrected chi connectivity index (χ1v) is 6.68. The Labute approximate surface area is 131 Å². The van der Waals surface area contributed by atoms with E-state index in [0.29, 0.717) is 23.2 Å². The van der Waals surface area contributed by atoms with Crippen LogP contribution in [0.4, 0.5) is 5.69 Å². The van der Waals surface area contributed by atoms with Crippen molar-refractivity contribution < 1.29 is 14.5 Å². The van der Waals surface area contributed by atoms with Gasteiger partial charge in [-0.15, -0.1) is 0 Å². The van der Waals surface area contributed by atoms with Crippen molar-refractivity contribution in [3.05, 3.63) is 62.7 Å². The summed E-state index contributed by atoms with van der Waals surface area (Å²) in [5.74, 6) is -0.488. The van der Waals surface area contributed by atoms with E-state index < -0.39 is 10.8 Å². The van der Waals surface area contributed by atoms with Crippen LogP contribution in [0.3, 0.4) is 0 Å². The molecule has 7 nitrogen and oxygen atoms in total. The fourth-order valence-electron chi connectivity index (χ4n) is 2.10. The van der Waals surface area contributed by atoms with Crippen molar-refractivity contribution in [1.82, 2.24) is 9.97 Å². The van der Waals surface area contributed by atoms with Gasteiger partial charge < -0.3 is 4.74 Å². The number of halogens is 1. The molecular formula is C14H12ClN3O4. The number of benzene rings is 1. The Hall–Kier alpha value is -2.54. The molecule has 8 heteroatoms. The van der Waals surface area contributed by atoms with E-state index in [1.54, 1.807) is 19.1 Å². The molecule has 0 aliphatic heterocycles. The topological polar surface area (TPSA) is 95.2 Å². The van der Waals surface area contributed by atoms with Crippen molar-refractivity contribution in [2.75, 3.05) is 6.61 Å². The standard InChI is InChI=1S/C14H12ClN3O4/c1-9-2-3-10(4-13(9)18(20)21)12(6-22-8-19)11-5-16-7-17-14(11)15/h2-5,7-8,12H,6H2,1H3. The van der Waals surface area contributed by atoms with Crippen LogP contribution in [0.5, 0.6) is 0 Å². The van der Waals surface area contributed by atoms with Gasteiger partial charge in [0.25, 0.3) is 12.2 Å². The first-order chi connectivity index (χ1) is 10.5. The van der Waals surface area contributed by atoms with E-state index in [-0.39, 0.29) is 17.4 Å². The molecule has 0 amide bonds. The number of carbonyl (C=O) groups is 1. The lowest BCUT2D eigenvalue weighted by Crippen LogP contribution is -2.11. The first kappa shape index (κ1) is 15.8. The maximum atomic E-state index is 11.1. The van der Waals surface area contributed by atoms with Gasteiger partial charge in [0.15, 0.2) is 0 Å². The second-order valence-electron chi connectivity index (χ2n) is 4.55. The summed E-state index contributed by atoms with van der Waals surface area (Å²) < 4.78 is 4.83. The summed E-state index contributed by atoms with van der Waals surface area (Å²) in [5.41, 5.74) is 1.65. The van der Waals surface area contributed by atoms with Crippen LogP contribution in [0, 0.1) is 17.0 Å². The van der Waals surface area contributed by atoms with Crippen LogP contribution in [-0.4, -0.2) is 28.0 Å². The lowest BCUT2D eigenvalue weighted by molar-refractivity contribution is -0.385. The van der Waals surface area contributed by atoms with Gasteiger partial charge in [0.2, 0.25) is 0 Å². The van der Waals surface area contributed by atoms with E-state index >= 15 is 0 Å². The average Bonchev–Trinajstić information content (AvgIpc) is 2.50. The highest BCUT2D eigenvalue weighted by Gasteiger charge is 2.22. The van der Waals surface area contributed by atoms with Crippen molar-refractivity contribution >= 4 is 23.8 Å². The van der Waals surface area contributed by atoms with Gasteiger partial charge in [-0.1, -0.05) is 23.7 Å². The summed E-state index contributed by atoms with van der Waals surface area (Å²) in [7, 11) is 0. The van der Waals surface area contributed by atoms with Crippen LogP contribution in [0.1, 0.15) is 22.6 Å². The second-order valence-corrected chi connectivity index (χ2v) is 4.91. The zero-order valence-corrected chi connectivity index (χ0v) is 12.4. The van der Waals surface area contributed by atoms with Gasteiger partial charge in [-0.3, -0.25) is 14.9 Å². The highest BCUT2D eigenvalue weighted by Crippen LogP contribution is 2.31. The number of nitro benzene ring substituents is 1. The molecular weight excluding hydrogens is 310 g/mol. The van der Waals surface area contributed by atoms with E-state index in [1.165, 1.54) is 18.6 Å². The normalized spacial score (nSPS) is 11.7. The molecule has 1 atom stereocenters. The Morgan fingerprint density at radius 2 is 2.27 bits per heavy atom. The summed E-state index contributed by atoms with van der Waals surface area (Å²) in [5, 5.41) is 11.3. The fraction of sp³-hybridized carbons (Fsp3) is 0.214. The molecule has 1 aromatic heterocycles. The van der Waals surface area contributed by atoms with Crippen LogP contribution in [-0.2, 0) is 9.53 Å². The number of ether oxygens (including phenoxy) is 1. The van der Waals surface area contributed by atoms with Crippen LogP contribution < -0.4 is 0 Å². The Morgan fingerprint density at radius 3 is 2.91 bits per heavy atom. The van der Waals surface area contributed by atoms with Crippen molar-refractivity contribution in [2.24, 2.45) is 0 Å². The molecule has 0 spiro atoms. The molecule has 0 bridgehead atoms. The molecule has 0 aliphatic carbocycles. The minimum absolute atomic E-state index is 0.0124. The number of aryl methyl sites for hydroxylation is 1. The summed E-state index contributed by atoms with van der Waals surface area (Å²) in [6.45, 7) is 1.95. The van der Waals surface area contributed by atoms with Crippen molar-refractivity contribution in [2.45, 2.75) is 12.8 Å². The molecule has 0 fully saturated rings. The van der Waals surface area contributed by atoms with E-state index in [4.69, 9.17) is 16.3 Å². The Morgan fingerprint density at radius 1 is 1.50 bits per heavy atom. The summed E-state index contributed by atoms with van der Waals surface area (Å²) in [4.78, 5) is 28.9.